The summed E-state index contributed by atoms with van der Waals surface area (Å²) in [5, 5.41) is 25.4. The van der Waals surface area contributed by atoms with Crippen molar-refractivity contribution in [1.82, 2.24) is 10.6 Å². The van der Waals surface area contributed by atoms with Gasteiger partial charge in [0.2, 0.25) is 11.8 Å². The minimum absolute atomic E-state index is 0.0545. The molecule has 3 aliphatic carbocycles. The van der Waals surface area contributed by atoms with Gasteiger partial charge < -0.3 is 20.8 Å². The number of fused-ring (bicyclic) bond motifs is 2. The van der Waals surface area contributed by atoms with E-state index in [1.165, 1.54) is 6.92 Å². The summed E-state index contributed by atoms with van der Waals surface area (Å²) in [6, 6.07) is 0.0396. The molecule has 0 radical (unpaired) electrons. The van der Waals surface area contributed by atoms with Crippen LogP contribution in [0, 0.1) is 23.0 Å². The van der Waals surface area contributed by atoms with Gasteiger partial charge in [-0.3, -0.25) is 9.59 Å². The maximum atomic E-state index is 15.0. The third-order valence-corrected chi connectivity index (χ3v) is 7.78. The number of benzene rings is 1. The summed E-state index contributed by atoms with van der Waals surface area (Å²) in [7, 11) is 0. The normalized spacial score (nSPS) is 36.8. The third-order valence-electron chi connectivity index (χ3n) is 7.49. The van der Waals surface area contributed by atoms with Crippen LogP contribution in [0.2, 0.25) is 5.02 Å². The second-order valence-electron chi connectivity index (χ2n) is 9.52. The van der Waals surface area contributed by atoms with Crippen molar-refractivity contribution in [1.29, 1.82) is 0 Å². The van der Waals surface area contributed by atoms with Gasteiger partial charge in [0.05, 0.1) is 29.1 Å². The van der Waals surface area contributed by atoms with Gasteiger partial charge in [0.15, 0.2) is 0 Å². The fraction of sp³-hybridized carbons (Fsp3) is 0.636. The van der Waals surface area contributed by atoms with E-state index in [1.807, 2.05) is 0 Å². The van der Waals surface area contributed by atoms with Crippen LogP contribution in [0.3, 0.4) is 0 Å². The summed E-state index contributed by atoms with van der Waals surface area (Å²) in [6.07, 6.45) is -1.71. The minimum Gasteiger partial charge on any atom is -0.390 e. The van der Waals surface area contributed by atoms with Crippen LogP contribution < -0.4 is 10.6 Å². The quantitative estimate of drug-likeness (QED) is 0.493. The molecule has 3 fully saturated rings. The van der Waals surface area contributed by atoms with E-state index in [0.717, 1.165) is 12.1 Å². The number of amides is 2. The average molecular weight is 475 g/mol. The molecule has 0 saturated heterocycles. The first-order valence-electron chi connectivity index (χ1n) is 10.7. The molecule has 5 atom stereocenters. The van der Waals surface area contributed by atoms with E-state index in [0.29, 0.717) is 12.8 Å². The molecule has 2 bridgehead atoms. The molecule has 3 saturated carbocycles. The Hall–Kier alpha value is -1.84. The smallest absolute Gasteiger partial charge is 0.226 e. The van der Waals surface area contributed by atoms with E-state index in [-0.39, 0.29) is 30.7 Å². The van der Waals surface area contributed by atoms with Crippen LogP contribution in [0.5, 0.6) is 0 Å². The van der Waals surface area contributed by atoms with Gasteiger partial charge >= 0.3 is 0 Å². The van der Waals surface area contributed by atoms with Gasteiger partial charge in [-0.1, -0.05) is 11.6 Å². The van der Waals surface area contributed by atoms with Gasteiger partial charge in [-0.2, -0.15) is 0 Å². The number of aliphatic hydroxyl groups is 2. The van der Waals surface area contributed by atoms with Crippen LogP contribution in [0.25, 0.3) is 0 Å². The first-order valence-corrected chi connectivity index (χ1v) is 11.1. The highest BCUT2D eigenvalue weighted by molar-refractivity contribution is 6.30. The summed E-state index contributed by atoms with van der Waals surface area (Å²) < 4.78 is 44.8. The zero-order valence-corrected chi connectivity index (χ0v) is 18.3. The predicted octanol–water partition coefficient (Wildman–Crippen LogP) is 2.69. The number of aliphatic hydroxyl groups excluding tert-OH is 2. The zero-order chi connectivity index (χ0) is 23.4. The summed E-state index contributed by atoms with van der Waals surface area (Å²) in [4.78, 5) is 24.5. The summed E-state index contributed by atoms with van der Waals surface area (Å²) >= 11 is 5.89. The molecular weight excluding hydrogens is 449 g/mol. The van der Waals surface area contributed by atoms with Crippen LogP contribution >= 0.6 is 11.6 Å². The largest absolute Gasteiger partial charge is 0.390 e. The van der Waals surface area contributed by atoms with Crippen molar-refractivity contribution in [2.75, 3.05) is 0 Å². The monoisotopic (exact) mass is 474 g/mol. The molecule has 0 aliphatic heterocycles. The molecule has 32 heavy (non-hydrogen) atoms. The number of carbonyl (C=O) groups excluding carboxylic acids is 2. The first kappa shape index (κ1) is 23.3. The summed E-state index contributed by atoms with van der Waals surface area (Å²) in [5.74, 6) is -4.20. The number of halogens is 4. The van der Waals surface area contributed by atoms with Gasteiger partial charge in [0, 0.05) is 12.5 Å². The van der Waals surface area contributed by atoms with Crippen LogP contribution in [0.15, 0.2) is 12.1 Å². The Morgan fingerprint density at radius 2 is 1.81 bits per heavy atom. The second kappa shape index (κ2) is 8.18. The van der Waals surface area contributed by atoms with E-state index in [1.54, 1.807) is 0 Å². The van der Waals surface area contributed by atoms with Crippen LogP contribution in [-0.2, 0) is 9.59 Å². The van der Waals surface area contributed by atoms with E-state index in [9.17, 15) is 33.0 Å². The minimum atomic E-state index is -1.48. The molecule has 176 valence electrons. The van der Waals surface area contributed by atoms with Crippen LogP contribution in [-0.4, -0.2) is 45.9 Å². The molecule has 3 aliphatic rings. The predicted molar refractivity (Wildman–Crippen MR) is 109 cm³/mol. The van der Waals surface area contributed by atoms with Crippen molar-refractivity contribution in [3.63, 3.8) is 0 Å². The molecule has 0 heterocycles. The Labute approximate surface area is 188 Å². The number of hydrogen-bond donors (Lipinski definition) is 4. The first-order chi connectivity index (χ1) is 15.0. The third kappa shape index (κ3) is 3.88. The van der Waals surface area contributed by atoms with Crippen molar-refractivity contribution >= 4 is 23.4 Å². The molecule has 4 rings (SSSR count). The molecule has 1 aromatic rings. The van der Waals surface area contributed by atoms with Crippen LogP contribution in [0.4, 0.5) is 13.2 Å². The van der Waals surface area contributed by atoms with Gasteiger partial charge in [0.25, 0.3) is 0 Å². The number of carbonyl (C=O) groups is 2. The topological polar surface area (TPSA) is 98.7 Å². The van der Waals surface area contributed by atoms with Crippen molar-refractivity contribution in [3.8, 4) is 0 Å². The lowest BCUT2D eigenvalue weighted by atomic mass is 9.74. The highest BCUT2D eigenvalue weighted by Crippen LogP contribution is 2.63. The van der Waals surface area contributed by atoms with Crippen molar-refractivity contribution in [3.05, 3.63) is 34.4 Å². The van der Waals surface area contributed by atoms with Crippen molar-refractivity contribution in [2.24, 2.45) is 11.3 Å². The molecule has 4 N–H and O–H groups in total. The van der Waals surface area contributed by atoms with E-state index >= 15 is 0 Å². The lowest BCUT2D eigenvalue weighted by molar-refractivity contribution is -0.130. The number of alkyl halides is 1. The van der Waals surface area contributed by atoms with Crippen molar-refractivity contribution in [2.45, 2.75) is 75.4 Å². The van der Waals surface area contributed by atoms with Crippen molar-refractivity contribution < 1.29 is 33.0 Å². The molecule has 1 aromatic carbocycles. The van der Waals surface area contributed by atoms with E-state index in [4.69, 9.17) is 11.6 Å². The van der Waals surface area contributed by atoms with Gasteiger partial charge in [-0.05, 0) is 56.1 Å². The van der Waals surface area contributed by atoms with E-state index in [2.05, 4.69) is 10.6 Å². The molecule has 10 heteroatoms. The lowest BCUT2D eigenvalue weighted by Gasteiger charge is -2.37. The summed E-state index contributed by atoms with van der Waals surface area (Å²) in [6.45, 7) is 1.25. The fourth-order valence-corrected chi connectivity index (χ4v) is 6.02. The number of rotatable bonds is 5. The molecule has 0 aromatic heterocycles. The Balaban J connectivity index is 1.66. The maximum Gasteiger partial charge on any atom is 0.226 e. The van der Waals surface area contributed by atoms with Gasteiger partial charge in [-0.15, -0.1) is 0 Å². The Bertz CT molecular complexity index is 938. The molecular formula is C22H26ClF3N2O4. The highest BCUT2D eigenvalue weighted by atomic mass is 35.5. The highest BCUT2D eigenvalue weighted by Gasteiger charge is 2.60. The maximum absolute atomic E-state index is 15.0. The van der Waals surface area contributed by atoms with Gasteiger partial charge in [0.1, 0.15) is 23.4 Å². The SMILES string of the molecule is CC(=O)N[C@H]1C[C@H](C(=O)N[C@H](c2c(F)ccc(Cl)c2F)C23CCC(F)(CC2)C3)[C@@H](O)[C@H]1O. The zero-order valence-electron chi connectivity index (χ0n) is 17.5. The number of nitrogens with one attached hydrogen (secondary N) is 2. The standard InChI is InChI=1S/C22H26ClF3N2O4/c1-10(29)27-14-8-11(17(30)18(14)31)20(32)28-19(15-13(24)3-2-12(23)16(15)25)21-4-6-22(26,9-21)7-5-21/h2-3,11,14,17-19,30-31H,4-9H2,1H3,(H,27,29)(H,28,32)/t11-,14-,17+,18-,19+,21?,22?/m0/s1. The molecule has 2 amide bonds. The Morgan fingerprint density at radius 3 is 2.38 bits per heavy atom. The Kier molecular flexibility index (Phi) is 5.96. The lowest BCUT2D eigenvalue weighted by Crippen LogP contribution is -2.45. The van der Waals surface area contributed by atoms with E-state index < -0.39 is 70.3 Å². The Morgan fingerprint density at radius 1 is 1.16 bits per heavy atom. The molecule has 0 spiro atoms. The van der Waals surface area contributed by atoms with Gasteiger partial charge in [-0.25, -0.2) is 13.2 Å². The average Bonchev–Trinajstić information content (AvgIpc) is 3.35. The van der Waals surface area contributed by atoms with Crippen LogP contribution in [0.1, 0.15) is 57.1 Å². The number of hydrogen-bond acceptors (Lipinski definition) is 4. The second-order valence-corrected chi connectivity index (χ2v) is 9.93. The summed E-state index contributed by atoms with van der Waals surface area (Å²) in [5.41, 5.74) is -2.76. The molecule has 0 unspecified atom stereocenters. The molecule has 6 nitrogen and oxygen atoms in total. The fourth-order valence-electron chi connectivity index (χ4n) is 5.86.